The highest BCUT2D eigenvalue weighted by atomic mass is 16.5. The van der Waals surface area contributed by atoms with Gasteiger partial charge in [0.15, 0.2) is 11.5 Å². The van der Waals surface area contributed by atoms with E-state index < -0.39 is 0 Å². The SMILES string of the molecule is COc1ccc2c(c1)CCN(C1=C(C(=O)C3CCC3)C(=O)/C(=C/c3c[nH]c4ncccc34)O1)C2. The molecule has 1 fully saturated rings. The second-order valence-electron chi connectivity index (χ2n) is 9.06. The average Bonchev–Trinajstić information content (AvgIpc) is 3.38. The highest BCUT2D eigenvalue weighted by Gasteiger charge is 2.42. The van der Waals surface area contributed by atoms with E-state index >= 15 is 0 Å². The summed E-state index contributed by atoms with van der Waals surface area (Å²) < 4.78 is 11.5. The molecule has 7 heteroatoms. The van der Waals surface area contributed by atoms with Crippen molar-refractivity contribution in [1.82, 2.24) is 14.9 Å². The molecule has 0 bridgehead atoms. The molecule has 34 heavy (non-hydrogen) atoms. The molecule has 0 saturated heterocycles. The minimum Gasteiger partial charge on any atom is -0.497 e. The molecule has 0 amide bonds. The van der Waals surface area contributed by atoms with Crippen molar-refractivity contribution < 1.29 is 19.1 Å². The summed E-state index contributed by atoms with van der Waals surface area (Å²) >= 11 is 0. The summed E-state index contributed by atoms with van der Waals surface area (Å²) in [6.07, 6.45) is 8.71. The Morgan fingerprint density at radius 2 is 2.15 bits per heavy atom. The van der Waals surface area contributed by atoms with E-state index in [0.29, 0.717) is 19.0 Å². The molecule has 0 unspecified atom stereocenters. The Hall–Kier alpha value is -3.87. The number of hydrogen-bond acceptors (Lipinski definition) is 6. The fourth-order valence-electron chi connectivity index (χ4n) is 4.90. The van der Waals surface area contributed by atoms with E-state index in [-0.39, 0.29) is 28.8 Å². The molecule has 0 spiro atoms. The topological polar surface area (TPSA) is 84.5 Å². The number of carbonyl (C=O) groups excluding carboxylic acids is 2. The Kier molecular flexibility index (Phi) is 4.98. The van der Waals surface area contributed by atoms with Crippen LogP contribution in [0.1, 0.15) is 36.0 Å². The first kappa shape index (κ1) is 20.7. The van der Waals surface area contributed by atoms with Crippen LogP contribution in [0.3, 0.4) is 0 Å². The van der Waals surface area contributed by atoms with Gasteiger partial charge in [0.05, 0.1) is 7.11 Å². The Bertz CT molecular complexity index is 1380. The molecule has 2 aliphatic heterocycles. The summed E-state index contributed by atoms with van der Waals surface area (Å²) in [4.78, 5) is 36.3. The number of ketones is 2. The zero-order valence-corrected chi connectivity index (χ0v) is 19.0. The minimum absolute atomic E-state index is 0.0872. The summed E-state index contributed by atoms with van der Waals surface area (Å²) in [5.41, 5.74) is 4.10. The Morgan fingerprint density at radius 1 is 1.26 bits per heavy atom. The van der Waals surface area contributed by atoms with Crippen LogP contribution in [0.4, 0.5) is 0 Å². The molecule has 1 aromatic carbocycles. The number of allylic oxidation sites excluding steroid dienone is 1. The van der Waals surface area contributed by atoms with Crippen LogP contribution in [-0.2, 0) is 27.3 Å². The van der Waals surface area contributed by atoms with Gasteiger partial charge in [-0.2, -0.15) is 0 Å². The molecule has 6 rings (SSSR count). The lowest BCUT2D eigenvalue weighted by atomic mass is 9.79. The van der Waals surface area contributed by atoms with Gasteiger partial charge in [-0.05, 0) is 60.7 Å². The molecule has 1 saturated carbocycles. The third-order valence-electron chi connectivity index (χ3n) is 7.08. The second kappa shape index (κ2) is 8.17. The molecule has 4 heterocycles. The molecule has 1 aliphatic carbocycles. The summed E-state index contributed by atoms with van der Waals surface area (Å²) in [6, 6.07) is 9.83. The van der Waals surface area contributed by atoms with Gasteiger partial charge in [-0.1, -0.05) is 12.5 Å². The average molecular weight is 456 g/mol. The Balaban J connectivity index is 1.36. The van der Waals surface area contributed by atoms with Gasteiger partial charge >= 0.3 is 0 Å². The lowest BCUT2D eigenvalue weighted by Gasteiger charge is -2.31. The minimum atomic E-state index is -0.328. The molecule has 7 nitrogen and oxygen atoms in total. The van der Waals surface area contributed by atoms with Gasteiger partial charge in [0, 0.05) is 42.4 Å². The van der Waals surface area contributed by atoms with Crippen LogP contribution in [0.2, 0.25) is 0 Å². The number of Topliss-reactive ketones (excluding diaryl/α,β-unsaturated/α-hetero) is 2. The third kappa shape index (κ3) is 3.39. The van der Waals surface area contributed by atoms with E-state index in [1.54, 1.807) is 25.6 Å². The summed E-state index contributed by atoms with van der Waals surface area (Å²) in [7, 11) is 1.66. The Labute approximate surface area is 197 Å². The van der Waals surface area contributed by atoms with Crippen molar-refractivity contribution in [2.24, 2.45) is 5.92 Å². The quantitative estimate of drug-likeness (QED) is 0.460. The lowest BCUT2D eigenvalue weighted by molar-refractivity contribution is -0.124. The van der Waals surface area contributed by atoms with E-state index in [9.17, 15) is 9.59 Å². The van der Waals surface area contributed by atoms with E-state index in [2.05, 4.69) is 16.0 Å². The fraction of sp³-hybridized carbons (Fsp3) is 0.296. The van der Waals surface area contributed by atoms with Crippen molar-refractivity contribution in [2.45, 2.75) is 32.2 Å². The number of ether oxygens (including phenoxy) is 2. The molecule has 3 aromatic rings. The van der Waals surface area contributed by atoms with Crippen LogP contribution in [0.15, 0.2) is 59.9 Å². The van der Waals surface area contributed by atoms with Crippen LogP contribution >= 0.6 is 0 Å². The number of aromatic nitrogens is 2. The van der Waals surface area contributed by atoms with Crippen molar-refractivity contribution in [3.8, 4) is 5.75 Å². The number of fused-ring (bicyclic) bond motifs is 2. The van der Waals surface area contributed by atoms with Gasteiger partial charge in [-0.3, -0.25) is 9.59 Å². The lowest BCUT2D eigenvalue weighted by Crippen LogP contribution is -2.33. The van der Waals surface area contributed by atoms with E-state index in [1.807, 2.05) is 29.2 Å². The predicted octanol–water partition coefficient (Wildman–Crippen LogP) is 4.15. The zero-order valence-electron chi connectivity index (χ0n) is 19.0. The monoisotopic (exact) mass is 455 g/mol. The van der Waals surface area contributed by atoms with Crippen LogP contribution in [-0.4, -0.2) is 40.1 Å². The number of rotatable bonds is 5. The second-order valence-corrected chi connectivity index (χ2v) is 9.06. The number of H-pyrrole nitrogens is 1. The largest absolute Gasteiger partial charge is 0.497 e. The van der Waals surface area contributed by atoms with Crippen LogP contribution in [0.25, 0.3) is 17.1 Å². The smallest absolute Gasteiger partial charge is 0.237 e. The summed E-state index contributed by atoms with van der Waals surface area (Å²) in [6.45, 7) is 1.24. The summed E-state index contributed by atoms with van der Waals surface area (Å²) in [5, 5.41) is 0.896. The first-order valence-electron chi connectivity index (χ1n) is 11.7. The number of benzene rings is 1. The van der Waals surface area contributed by atoms with E-state index in [1.165, 1.54) is 5.56 Å². The van der Waals surface area contributed by atoms with Crippen molar-refractivity contribution in [1.29, 1.82) is 0 Å². The van der Waals surface area contributed by atoms with E-state index in [4.69, 9.17) is 9.47 Å². The zero-order chi connectivity index (χ0) is 23.2. The number of hydrogen-bond donors (Lipinski definition) is 1. The molecule has 0 radical (unpaired) electrons. The molecule has 0 atom stereocenters. The maximum Gasteiger partial charge on any atom is 0.237 e. The highest BCUT2D eigenvalue weighted by Crippen LogP contribution is 2.38. The fourth-order valence-corrected chi connectivity index (χ4v) is 4.90. The van der Waals surface area contributed by atoms with E-state index in [0.717, 1.165) is 53.6 Å². The van der Waals surface area contributed by atoms with Gasteiger partial charge < -0.3 is 19.4 Å². The number of pyridine rings is 1. The number of carbonyl (C=O) groups is 2. The first-order chi connectivity index (χ1) is 16.6. The van der Waals surface area contributed by atoms with Crippen molar-refractivity contribution in [3.63, 3.8) is 0 Å². The van der Waals surface area contributed by atoms with Crippen molar-refractivity contribution in [2.75, 3.05) is 13.7 Å². The number of nitrogens with one attached hydrogen (secondary N) is 1. The van der Waals surface area contributed by atoms with Crippen LogP contribution < -0.4 is 4.74 Å². The molecular formula is C27H25N3O4. The third-order valence-corrected chi connectivity index (χ3v) is 7.08. The number of nitrogens with zero attached hydrogens (tertiary/aromatic N) is 2. The molecule has 1 N–H and O–H groups in total. The standard InChI is InChI=1S/C27H25N3O4/c1-33-20-8-7-18-15-30(11-9-17(18)12-20)27-23(24(31)16-4-2-5-16)25(32)22(34-27)13-19-14-29-26-21(19)6-3-10-28-26/h3,6-8,10,12-14,16H,2,4-5,9,11,15H2,1H3,(H,28,29)/b22-13-. The predicted molar refractivity (Wildman–Crippen MR) is 127 cm³/mol. The number of methoxy groups -OCH3 is 1. The molecule has 172 valence electrons. The van der Waals surface area contributed by atoms with Crippen molar-refractivity contribution >= 4 is 28.7 Å². The molecule has 2 aromatic heterocycles. The Morgan fingerprint density at radius 3 is 2.94 bits per heavy atom. The van der Waals surface area contributed by atoms with Crippen LogP contribution in [0.5, 0.6) is 5.75 Å². The van der Waals surface area contributed by atoms with Gasteiger partial charge in [0.25, 0.3) is 0 Å². The normalized spacial score (nSPS) is 19.4. The van der Waals surface area contributed by atoms with Gasteiger partial charge in [-0.15, -0.1) is 0 Å². The van der Waals surface area contributed by atoms with Crippen LogP contribution in [0, 0.1) is 5.92 Å². The maximum absolute atomic E-state index is 13.5. The summed E-state index contributed by atoms with van der Waals surface area (Å²) in [5.74, 6) is 0.908. The highest BCUT2D eigenvalue weighted by molar-refractivity contribution is 6.29. The van der Waals surface area contributed by atoms with Crippen molar-refractivity contribution in [3.05, 3.63) is 76.6 Å². The van der Waals surface area contributed by atoms with Gasteiger partial charge in [0.2, 0.25) is 11.7 Å². The maximum atomic E-state index is 13.5. The number of aromatic amines is 1. The van der Waals surface area contributed by atoms with Gasteiger partial charge in [0.1, 0.15) is 17.0 Å². The van der Waals surface area contributed by atoms with Gasteiger partial charge in [-0.25, -0.2) is 4.98 Å². The molecular weight excluding hydrogens is 430 g/mol. The first-order valence-corrected chi connectivity index (χ1v) is 11.7. The molecule has 3 aliphatic rings.